The fourth-order valence-electron chi connectivity index (χ4n) is 1.99. The molecule has 3 rings (SSSR count). The molecule has 0 radical (unpaired) electrons. The van der Waals surface area contributed by atoms with Crippen molar-refractivity contribution in [2.45, 2.75) is 6.92 Å². The van der Waals surface area contributed by atoms with Crippen LogP contribution in [-0.4, -0.2) is 4.98 Å². The van der Waals surface area contributed by atoms with Crippen molar-refractivity contribution in [3.63, 3.8) is 0 Å². The SMILES string of the molecule is Cc1ccccc1-c1[nH]c2ccccc2[nH+]1. The summed E-state index contributed by atoms with van der Waals surface area (Å²) in [5, 5.41) is 0. The van der Waals surface area contributed by atoms with E-state index in [0.29, 0.717) is 0 Å². The number of H-pyrrole nitrogens is 2. The molecular formula is C14H13N2+. The average molecular weight is 209 g/mol. The Balaban J connectivity index is 2.23. The first-order valence-electron chi connectivity index (χ1n) is 5.40. The highest BCUT2D eigenvalue weighted by molar-refractivity contribution is 5.74. The highest BCUT2D eigenvalue weighted by atomic mass is 14.9. The van der Waals surface area contributed by atoms with E-state index in [0.717, 1.165) is 16.9 Å². The fourth-order valence-corrected chi connectivity index (χ4v) is 1.99. The molecule has 0 aliphatic rings. The van der Waals surface area contributed by atoms with Crippen LogP contribution in [0.3, 0.4) is 0 Å². The fraction of sp³-hybridized carbons (Fsp3) is 0.0714. The lowest BCUT2D eigenvalue weighted by Crippen LogP contribution is -2.03. The van der Waals surface area contributed by atoms with Gasteiger partial charge in [0.2, 0.25) is 0 Å². The van der Waals surface area contributed by atoms with E-state index in [9.17, 15) is 0 Å². The monoisotopic (exact) mass is 209 g/mol. The molecule has 0 spiro atoms. The molecule has 16 heavy (non-hydrogen) atoms. The van der Waals surface area contributed by atoms with Crippen LogP contribution in [0.2, 0.25) is 0 Å². The third kappa shape index (κ3) is 1.39. The molecular weight excluding hydrogens is 196 g/mol. The number of para-hydroxylation sites is 2. The molecule has 0 amide bonds. The first kappa shape index (κ1) is 9.16. The van der Waals surface area contributed by atoms with Crippen molar-refractivity contribution in [1.29, 1.82) is 0 Å². The largest absolute Gasteiger partial charge is 0.285 e. The minimum atomic E-state index is 1.07. The summed E-state index contributed by atoms with van der Waals surface area (Å²) in [6.45, 7) is 2.12. The first-order valence-corrected chi connectivity index (χ1v) is 5.40. The van der Waals surface area contributed by atoms with Crippen molar-refractivity contribution >= 4 is 11.0 Å². The first-order chi connectivity index (χ1) is 7.84. The summed E-state index contributed by atoms with van der Waals surface area (Å²) in [5.74, 6) is 1.07. The number of benzene rings is 2. The van der Waals surface area contributed by atoms with Gasteiger partial charge in [-0.25, -0.2) is 9.97 Å². The smallest absolute Gasteiger partial charge is 0.237 e. The Morgan fingerprint density at radius 3 is 2.50 bits per heavy atom. The van der Waals surface area contributed by atoms with E-state index < -0.39 is 0 Å². The summed E-state index contributed by atoms with van der Waals surface area (Å²) in [7, 11) is 0. The molecule has 2 aromatic carbocycles. The zero-order chi connectivity index (χ0) is 11.0. The number of aryl methyl sites for hydroxylation is 1. The lowest BCUT2D eigenvalue weighted by atomic mass is 10.1. The van der Waals surface area contributed by atoms with E-state index in [1.165, 1.54) is 11.1 Å². The number of nitrogens with one attached hydrogen (secondary N) is 2. The van der Waals surface area contributed by atoms with E-state index in [-0.39, 0.29) is 0 Å². The van der Waals surface area contributed by atoms with E-state index >= 15 is 0 Å². The van der Waals surface area contributed by atoms with Gasteiger partial charge in [-0.1, -0.05) is 30.3 Å². The standard InChI is InChI=1S/C14H12N2/c1-10-6-2-3-7-11(10)14-15-12-8-4-5-9-13(12)16-14/h2-9H,1H3,(H,15,16)/p+1. The number of aromatic amines is 2. The number of aromatic nitrogens is 2. The lowest BCUT2D eigenvalue weighted by Gasteiger charge is -1.96. The topological polar surface area (TPSA) is 29.9 Å². The van der Waals surface area contributed by atoms with Crippen molar-refractivity contribution in [2.75, 3.05) is 0 Å². The molecule has 1 heterocycles. The van der Waals surface area contributed by atoms with Gasteiger partial charge < -0.3 is 0 Å². The highest BCUT2D eigenvalue weighted by Crippen LogP contribution is 2.19. The van der Waals surface area contributed by atoms with Gasteiger partial charge >= 0.3 is 0 Å². The maximum atomic E-state index is 3.40. The summed E-state index contributed by atoms with van der Waals surface area (Å²) in [4.78, 5) is 6.79. The Hall–Kier alpha value is -2.09. The van der Waals surface area contributed by atoms with E-state index in [1.54, 1.807) is 0 Å². The molecule has 3 aromatic rings. The van der Waals surface area contributed by atoms with Crippen molar-refractivity contribution in [3.05, 3.63) is 54.1 Å². The van der Waals surface area contributed by atoms with Crippen LogP contribution in [0.25, 0.3) is 22.4 Å². The molecule has 0 aliphatic heterocycles. The quantitative estimate of drug-likeness (QED) is 0.638. The molecule has 0 bridgehead atoms. The molecule has 2 N–H and O–H groups in total. The Morgan fingerprint density at radius 1 is 0.938 bits per heavy atom. The van der Waals surface area contributed by atoms with Gasteiger partial charge in [-0.15, -0.1) is 0 Å². The van der Waals surface area contributed by atoms with Gasteiger partial charge in [-0.3, -0.25) is 0 Å². The summed E-state index contributed by atoms with van der Waals surface area (Å²) in [6.07, 6.45) is 0. The normalized spacial score (nSPS) is 10.8. The van der Waals surface area contributed by atoms with Crippen LogP contribution in [0.15, 0.2) is 48.5 Å². The van der Waals surface area contributed by atoms with Crippen molar-refractivity contribution in [3.8, 4) is 11.4 Å². The number of hydrogen-bond acceptors (Lipinski definition) is 0. The second-order valence-electron chi connectivity index (χ2n) is 3.99. The van der Waals surface area contributed by atoms with E-state index in [2.05, 4.69) is 53.3 Å². The van der Waals surface area contributed by atoms with Gasteiger partial charge in [0.05, 0.1) is 5.56 Å². The molecule has 0 unspecified atom stereocenters. The van der Waals surface area contributed by atoms with Crippen molar-refractivity contribution in [1.82, 2.24) is 4.98 Å². The molecule has 78 valence electrons. The van der Waals surface area contributed by atoms with Gasteiger partial charge in [-0.2, -0.15) is 0 Å². The van der Waals surface area contributed by atoms with E-state index in [4.69, 9.17) is 0 Å². The highest BCUT2D eigenvalue weighted by Gasteiger charge is 2.12. The Labute approximate surface area is 94.0 Å². The molecule has 0 saturated carbocycles. The van der Waals surface area contributed by atoms with Gasteiger partial charge in [0, 0.05) is 0 Å². The van der Waals surface area contributed by atoms with Crippen molar-refractivity contribution in [2.24, 2.45) is 0 Å². The summed E-state index contributed by atoms with van der Waals surface area (Å²) >= 11 is 0. The maximum absolute atomic E-state index is 3.40. The van der Waals surface area contributed by atoms with Crippen LogP contribution in [0, 0.1) is 6.92 Å². The minimum Gasteiger partial charge on any atom is -0.237 e. The zero-order valence-electron chi connectivity index (χ0n) is 9.12. The van der Waals surface area contributed by atoms with Gasteiger partial charge in [0.25, 0.3) is 5.82 Å². The third-order valence-electron chi connectivity index (χ3n) is 2.86. The van der Waals surface area contributed by atoms with Crippen LogP contribution in [-0.2, 0) is 0 Å². The van der Waals surface area contributed by atoms with E-state index in [1.807, 2.05) is 12.1 Å². The predicted molar refractivity (Wildman–Crippen MR) is 65.0 cm³/mol. The molecule has 1 aromatic heterocycles. The minimum absolute atomic E-state index is 1.07. The lowest BCUT2D eigenvalue weighted by molar-refractivity contribution is -0.330. The second-order valence-corrected chi connectivity index (χ2v) is 3.99. The molecule has 0 aliphatic carbocycles. The van der Waals surface area contributed by atoms with Crippen LogP contribution in [0.5, 0.6) is 0 Å². The Kier molecular flexibility index (Phi) is 2.00. The Bertz CT molecular complexity index is 605. The number of rotatable bonds is 1. The number of hydrogen-bond donors (Lipinski definition) is 1. The second kappa shape index (κ2) is 3.49. The Morgan fingerprint density at radius 2 is 1.69 bits per heavy atom. The molecule has 2 heteroatoms. The van der Waals surface area contributed by atoms with Gasteiger partial charge in [0.15, 0.2) is 11.0 Å². The maximum Gasteiger partial charge on any atom is 0.285 e. The zero-order valence-corrected chi connectivity index (χ0v) is 9.12. The predicted octanol–water partition coefficient (Wildman–Crippen LogP) is 2.96. The summed E-state index contributed by atoms with van der Waals surface area (Å²) < 4.78 is 0. The number of fused-ring (bicyclic) bond motifs is 1. The number of imidazole rings is 1. The van der Waals surface area contributed by atoms with Crippen molar-refractivity contribution < 1.29 is 4.98 Å². The molecule has 2 nitrogen and oxygen atoms in total. The van der Waals surface area contributed by atoms with Crippen LogP contribution in [0.4, 0.5) is 0 Å². The van der Waals surface area contributed by atoms with Crippen LogP contribution < -0.4 is 4.98 Å². The van der Waals surface area contributed by atoms with Crippen LogP contribution in [0.1, 0.15) is 5.56 Å². The van der Waals surface area contributed by atoms with Gasteiger partial charge in [0.1, 0.15) is 0 Å². The average Bonchev–Trinajstić information content (AvgIpc) is 2.73. The molecule has 0 fully saturated rings. The summed E-state index contributed by atoms with van der Waals surface area (Å²) in [5.41, 5.74) is 4.77. The third-order valence-corrected chi connectivity index (χ3v) is 2.86. The molecule has 0 saturated heterocycles. The van der Waals surface area contributed by atoms with Crippen LogP contribution >= 0.6 is 0 Å². The van der Waals surface area contributed by atoms with Gasteiger partial charge in [-0.05, 0) is 30.7 Å². The molecule has 0 atom stereocenters. The summed E-state index contributed by atoms with van der Waals surface area (Å²) in [6, 6.07) is 16.6.